The molecule has 0 radical (unpaired) electrons. The summed E-state index contributed by atoms with van der Waals surface area (Å²) >= 11 is 0. The maximum Gasteiger partial charge on any atom is 0.407 e. The van der Waals surface area contributed by atoms with E-state index in [9.17, 15) is 14.9 Å². The summed E-state index contributed by atoms with van der Waals surface area (Å²) in [6, 6.07) is 3.07. The highest BCUT2D eigenvalue weighted by atomic mass is 16.6. The second kappa shape index (κ2) is 6.64. The largest absolute Gasteiger partial charge is 0.485 e. The monoisotopic (exact) mass is 321 g/mol. The van der Waals surface area contributed by atoms with E-state index >= 15 is 0 Å². The van der Waals surface area contributed by atoms with E-state index in [0.29, 0.717) is 6.54 Å². The second-order valence-corrected chi connectivity index (χ2v) is 6.02. The van der Waals surface area contributed by atoms with Gasteiger partial charge in [0.25, 0.3) is 0 Å². The van der Waals surface area contributed by atoms with Crippen LogP contribution in [0.15, 0.2) is 17.1 Å². The van der Waals surface area contributed by atoms with Crippen LogP contribution >= 0.6 is 0 Å². The number of rotatable bonds is 5. The van der Waals surface area contributed by atoms with Crippen molar-refractivity contribution in [1.82, 2.24) is 5.32 Å². The van der Waals surface area contributed by atoms with Gasteiger partial charge in [0, 0.05) is 17.8 Å². The van der Waals surface area contributed by atoms with E-state index in [2.05, 4.69) is 10.3 Å². The van der Waals surface area contributed by atoms with Crippen molar-refractivity contribution in [1.29, 1.82) is 0 Å². The van der Waals surface area contributed by atoms with E-state index in [1.807, 2.05) is 0 Å². The first-order valence-electron chi connectivity index (χ1n) is 7.17. The molecular weight excluding hydrogens is 302 g/mol. The van der Waals surface area contributed by atoms with Gasteiger partial charge in [0.2, 0.25) is 0 Å². The van der Waals surface area contributed by atoms with Crippen molar-refractivity contribution in [3.63, 3.8) is 0 Å². The molecule has 1 heterocycles. The molecule has 0 atom stereocenters. The van der Waals surface area contributed by atoms with Gasteiger partial charge >= 0.3 is 11.8 Å². The molecule has 8 nitrogen and oxygen atoms in total. The predicted octanol–water partition coefficient (Wildman–Crippen LogP) is 2.43. The third kappa shape index (κ3) is 4.67. The summed E-state index contributed by atoms with van der Waals surface area (Å²) < 4.78 is 10.5. The highest BCUT2D eigenvalue weighted by Gasteiger charge is 2.21. The van der Waals surface area contributed by atoms with Gasteiger partial charge in [-0.15, -0.1) is 0 Å². The number of nitrogens with one attached hydrogen (secondary N) is 1. The summed E-state index contributed by atoms with van der Waals surface area (Å²) in [5.74, 6) is 0.172. The number of nitro benzene ring substituents is 1. The number of carbonyl (C=O) groups excluding carboxylic acids is 1. The first-order chi connectivity index (χ1) is 10.8. The molecule has 0 spiro atoms. The molecular formula is C15H19N3O5. The molecule has 0 bridgehead atoms. The van der Waals surface area contributed by atoms with Crippen LogP contribution in [0.3, 0.4) is 0 Å². The smallest absolute Gasteiger partial charge is 0.407 e. The normalized spacial score (nSPS) is 12.7. The van der Waals surface area contributed by atoms with Crippen molar-refractivity contribution in [3.05, 3.63) is 33.4 Å². The molecule has 1 aromatic carbocycles. The molecule has 0 unspecified atom stereocenters. The van der Waals surface area contributed by atoms with E-state index in [4.69, 9.17) is 9.47 Å². The molecule has 0 aliphatic carbocycles. The first-order valence-corrected chi connectivity index (χ1v) is 7.17. The van der Waals surface area contributed by atoms with Crippen molar-refractivity contribution in [2.45, 2.75) is 32.9 Å². The number of nitrogens with zero attached hydrogens (tertiary/aromatic N) is 2. The number of hydrogen-bond donors (Lipinski definition) is 1. The molecule has 0 fully saturated rings. The Balaban J connectivity index is 1.91. The molecule has 23 heavy (non-hydrogen) atoms. The van der Waals surface area contributed by atoms with Crippen LogP contribution in [0.5, 0.6) is 5.75 Å². The van der Waals surface area contributed by atoms with Gasteiger partial charge in [0.15, 0.2) is 5.75 Å². The van der Waals surface area contributed by atoms with Crippen LogP contribution < -0.4 is 10.1 Å². The summed E-state index contributed by atoms with van der Waals surface area (Å²) in [4.78, 5) is 26.2. The van der Waals surface area contributed by atoms with Gasteiger partial charge in [0.05, 0.1) is 18.0 Å². The number of benzene rings is 1. The molecule has 1 amide bonds. The lowest BCUT2D eigenvalue weighted by molar-refractivity contribution is -0.385. The zero-order valence-electron chi connectivity index (χ0n) is 13.3. The van der Waals surface area contributed by atoms with Crippen molar-refractivity contribution in [2.75, 3.05) is 13.2 Å². The lowest BCUT2D eigenvalue weighted by Crippen LogP contribution is -2.34. The quantitative estimate of drug-likeness (QED) is 0.509. The third-order valence-corrected chi connectivity index (χ3v) is 2.94. The number of hydrogen-bond acceptors (Lipinski definition) is 6. The van der Waals surface area contributed by atoms with E-state index in [1.165, 1.54) is 6.07 Å². The van der Waals surface area contributed by atoms with E-state index in [1.54, 1.807) is 33.1 Å². The van der Waals surface area contributed by atoms with Gasteiger partial charge in [0.1, 0.15) is 12.2 Å². The first kappa shape index (κ1) is 16.7. The Hall–Kier alpha value is -2.64. The highest BCUT2D eigenvalue weighted by molar-refractivity contribution is 5.86. The lowest BCUT2D eigenvalue weighted by Gasteiger charge is -2.19. The molecule has 124 valence electrons. The summed E-state index contributed by atoms with van der Waals surface area (Å²) in [6.07, 6.45) is 1.05. The van der Waals surface area contributed by atoms with Crippen molar-refractivity contribution in [2.24, 2.45) is 4.99 Å². The molecule has 0 saturated carbocycles. The fraction of sp³-hybridized carbons (Fsp3) is 0.467. The maximum atomic E-state index is 11.5. The van der Waals surface area contributed by atoms with Gasteiger partial charge in [-0.2, -0.15) is 0 Å². The van der Waals surface area contributed by atoms with E-state index in [-0.39, 0.29) is 24.6 Å². The van der Waals surface area contributed by atoms with Crippen molar-refractivity contribution in [3.8, 4) is 5.75 Å². The Labute approximate surface area is 133 Å². The molecule has 2 rings (SSSR count). The van der Waals surface area contributed by atoms with Crippen LogP contribution in [0.1, 0.15) is 31.9 Å². The minimum Gasteiger partial charge on any atom is -0.485 e. The Morgan fingerprint density at radius 2 is 2.17 bits per heavy atom. The SMILES string of the molecule is CC(C)(C)OC(=O)NCCOc1cc2c(cc1[N+](=O)[O-])C=NC2. The fourth-order valence-electron chi connectivity index (χ4n) is 2.01. The highest BCUT2D eigenvalue weighted by Crippen LogP contribution is 2.32. The van der Waals surface area contributed by atoms with Crippen LogP contribution in [0.4, 0.5) is 10.5 Å². The van der Waals surface area contributed by atoms with Crippen LogP contribution in [-0.4, -0.2) is 36.0 Å². The summed E-state index contributed by atoms with van der Waals surface area (Å²) in [5, 5.41) is 13.6. The third-order valence-electron chi connectivity index (χ3n) is 2.94. The Morgan fingerprint density at radius 3 is 2.83 bits per heavy atom. The average Bonchev–Trinajstić information content (AvgIpc) is 2.87. The molecule has 8 heteroatoms. The number of fused-ring (bicyclic) bond motifs is 1. The standard InChI is InChI=1S/C15H19N3O5/c1-15(2,3)23-14(19)17-4-5-22-13-7-11-9-16-8-10(11)6-12(13)18(20)21/h6-8H,4-5,9H2,1-3H3,(H,17,19). The van der Waals surface area contributed by atoms with Crippen molar-refractivity contribution >= 4 is 18.0 Å². The second-order valence-electron chi connectivity index (χ2n) is 6.02. The van der Waals surface area contributed by atoms with Crippen LogP contribution in [0, 0.1) is 10.1 Å². The summed E-state index contributed by atoms with van der Waals surface area (Å²) in [5.41, 5.74) is 0.917. The van der Waals surface area contributed by atoms with Crippen LogP contribution in [0.2, 0.25) is 0 Å². The minimum absolute atomic E-state index is 0.0970. The topological polar surface area (TPSA) is 103 Å². The number of alkyl carbamates (subject to hydrolysis) is 1. The average molecular weight is 321 g/mol. The number of carbonyl (C=O) groups is 1. The van der Waals surface area contributed by atoms with Gasteiger partial charge in [-0.25, -0.2) is 4.79 Å². The molecule has 1 aliphatic rings. The molecule has 0 aromatic heterocycles. The zero-order valence-corrected chi connectivity index (χ0v) is 13.3. The Kier molecular flexibility index (Phi) is 4.83. The van der Waals surface area contributed by atoms with Crippen LogP contribution in [-0.2, 0) is 11.3 Å². The number of aliphatic imine (C=N–C) groups is 1. The molecule has 1 aromatic rings. The summed E-state index contributed by atoms with van der Waals surface area (Å²) in [7, 11) is 0. The lowest BCUT2D eigenvalue weighted by atomic mass is 10.1. The maximum absolute atomic E-state index is 11.5. The molecule has 1 N–H and O–H groups in total. The number of nitro groups is 1. The van der Waals surface area contributed by atoms with Gasteiger partial charge in [-0.1, -0.05) is 0 Å². The molecule has 0 saturated heterocycles. The predicted molar refractivity (Wildman–Crippen MR) is 84.1 cm³/mol. The van der Waals surface area contributed by atoms with E-state index < -0.39 is 16.6 Å². The van der Waals surface area contributed by atoms with E-state index in [0.717, 1.165) is 11.1 Å². The Morgan fingerprint density at radius 1 is 1.43 bits per heavy atom. The van der Waals surface area contributed by atoms with Gasteiger partial charge in [-0.3, -0.25) is 15.1 Å². The number of amides is 1. The molecule has 1 aliphatic heterocycles. The van der Waals surface area contributed by atoms with Crippen LogP contribution in [0.25, 0.3) is 0 Å². The fourth-order valence-corrected chi connectivity index (χ4v) is 2.01. The van der Waals surface area contributed by atoms with Crippen molar-refractivity contribution < 1.29 is 19.2 Å². The zero-order chi connectivity index (χ0) is 17.0. The van der Waals surface area contributed by atoms with Gasteiger partial charge < -0.3 is 14.8 Å². The number of ether oxygens (including phenoxy) is 2. The summed E-state index contributed by atoms with van der Waals surface area (Å²) in [6.45, 7) is 6.05. The minimum atomic E-state index is -0.580. The Bertz CT molecular complexity index is 649. The van der Waals surface area contributed by atoms with Gasteiger partial charge in [-0.05, 0) is 32.4 Å².